The van der Waals surface area contributed by atoms with E-state index >= 15 is 0 Å². The Bertz CT molecular complexity index is 961. The summed E-state index contributed by atoms with van der Waals surface area (Å²) in [5, 5.41) is 7.99. The average Bonchev–Trinajstić information content (AvgIpc) is 2.93. The zero-order valence-electron chi connectivity index (χ0n) is 14.5. The summed E-state index contributed by atoms with van der Waals surface area (Å²) in [5.74, 6) is -1.99. The largest absolute Gasteiger partial charge is 0.441 e. The maximum absolute atomic E-state index is 12.4. The SMILES string of the molecule is O=C(CN1C(=O)[C@@H]2CCCC[C@H]2C1=O)OCn1nnc2ccccc2c1=O. The first kappa shape index (κ1) is 17.3. The molecule has 1 aromatic heterocycles. The monoisotopic (exact) mass is 370 g/mol. The maximum atomic E-state index is 12.4. The highest BCUT2D eigenvalue weighted by atomic mass is 16.5. The van der Waals surface area contributed by atoms with Gasteiger partial charge < -0.3 is 4.74 Å². The molecule has 0 bridgehead atoms. The molecule has 9 heteroatoms. The fraction of sp³-hybridized carbons (Fsp3) is 0.444. The first-order valence-corrected chi connectivity index (χ1v) is 8.89. The Hall–Kier alpha value is -3.10. The molecule has 0 N–H and O–H groups in total. The normalized spacial score (nSPS) is 22.1. The fourth-order valence-electron chi connectivity index (χ4n) is 3.80. The number of carbonyl (C=O) groups is 3. The molecule has 4 rings (SSSR count). The van der Waals surface area contributed by atoms with Gasteiger partial charge in [-0.3, -0.25) is 24.1 Å². The van der Waals surface area contributed by atoms with Crippen molar-refractivity contribution < 1.29 is 19.1 Å². The maximum Gasteiger partial charge on any atom is 0.327 e. The summed E-state index contributed by atoms with van der Waals surface area (Å²) in [6.07, 6.45) is 3.20. The van der Waals surface area contributed by atoms with Crippen LogP contribution in [-0.4, -0.2) is 44.2 Å². The molecule has 140 valence electrons. The van der Waals surface area contributed by atoms with Gasteiger partial charge in [-0.2, -0.15) is 4.68 Å². The van der Waals surface area contributed by atoms with Crippen molar-refractivity contribution in [2.75, 3.05) is 6.54 Å². The lowest BCUT2D eigenvalue weighted by atomic mass is 9.81. The number of hydrogen-bond donors (Lipinski definition) is 0. The van der Waals surface area contributed by atoms with Gasteiger partial charge in [0.05, 0.1) is 17.2 Å². The van der Waals surface area contributed by atoms with Gasteiger partial charge in [-0.25, -0.2) is 0 Å². The number of imide groups is 1. The zero-order valence-corrected chi connectivity index (χ0v) is 14.5. The minimum absolute atomic E-state index is 0.302. The summed E-state index contributed by atoms with van der Waals surface area (Å²) in [5.41, 5.74) is 0.00804. The predicted molar refractivity (Wildman–Crippen MR) is 92.1 cm³/mol. The van der Waals surface area contributed by atoms with Crippen LogP contribution in [0.5, 0.6) is 0 Å². The molecule has 1 saturated heterocycles. The number of likely N-dealkylation sites (tertiary alicyclic amines) is 1. The van der Waals surface area contributed by atoms with E-state index in [1.54, 1.807) is 24.3 Å². The van der Waals surface area contributed by atoms with Crippen LogP contribution >= 0.6 is 0 Å². The van der Waals surface area contributed by atoms with Crippen molar-refractivity contribution in [1.82, 2.24) is 19.9 Å². The number of amides is 2. The molecule has 0 radical (unpaired) electrons. The Morgan fingerprint density at radius 3 is 2.44 bits per heavy atom. The molecule has 0 spiro atoms. The van der Waals surface area contributed by atoms with Crippen LogP contribution < -0.4 is 5.56 Å². The lowest BCUT2D eigenvalue weighted by Crippen LogP contribution is -2.37. The molecular formula is C18H18N4O5. The van der Waals surface area contributed by atoms with Gasteiger partial charge in [0.15, 0.2) is 6.73 Å². The number of benzene rings is 1. The Balaban J connectivity index is 1.42. The molecule has 2 aromatic rings. The number of fused-ring (bicyclic) bond motifs is 2. The van der Waals surface area contributed by atoms with Crippen LogP contribution in [0.15, 0.2) is 29.1 Å². The van der Waals surface area contributed by atoms with Crippen molar-refractivity contribution in [3.63, 3.8) is 0 Å². The molecule has 1 aliphatic heterocycles. The summed E-state index contributed by atoms with van der Waals surface area (Å²) in [6, 6.07) is 6.70. The first-order valence-electron chi connectivity index (χ1n) is 8.89. The third-order valence-electron chi connectivity index (χ3n) is 5.20. The van der Waals surface area contributed by atoms with Gasteiger partial charge in [-0.1, -0.05) is 30.2 Å². The summed E-state index contributed by atoms with van der Waals surface area (Å²) in [6.45, 7) is -0.876. The molecule has 2 heterocycles. The lowest BCUT2D eigenvalue weighted by molar-refractivity contribution is -0.156. The highest BCUT2D eigenvalue weighted by molar-refractivity contribution is 6.07. The molecule has 0 unspecified atom stereocenters. The van der Waals surface area contributed by atoms with E-state index in [9.17, 15) is 19.2 Å². The number of hydrogen-bond acceptors (Lipinski definition) is 7. The van der Waals surface area contributed by atoms with E-state index < -0.39 is 24.8 Å². The summed E-state index contributed by atoms with van der Waals surface area (Å²) in [4.78, 5) is 50.2. The highest BCUT2D eigenvalue weighted by Crippen LogP contribution is 2.37. The molecular weight excluding hydrogens is 352 g/mol. The second kappa shape index (κ2) is 6.90. The van der Waals surface area contributed by atoms with Crippen LogP contribution in [0.25, 0.3) is 10.9 Å². The molecule has 2 aliphatic rings. The quantitative estimate of drug-likeness (QED) is 0.568. The zero-order chi connectivity index (χ0) is 19.0. The number of rotatable bonds is 4. The van der Waals surface area contributed by atoms with Gasteiger partial charge >= 0.3 is 5.97 Å². The van der Waals surface area contributed by atoms with E-state index in [-0.39, 0.29) is 23.7 Å². The molecule has 2 amide bonds. The van der Waals surface area contributed by atoms with Gasteiger partial charge in [0.1, 0.15) is 12.1 Å². The molecule has 1 aliphatic carbocycles. The van der Waals surface area contributed by atoms with Crippen LogP contribution in [-0.2, 0) is 25.9 Å². The van der Waals surface area contributed by atoms with Crippen LogP contribution in [0.1, 0.15) is 25.7 Å². The van der Waals surface area contributed by atoms with Crippen molar-refractivity contribution >= 4 is 28.7 Å². The minimum Gasteiger partial charge on any atom is -0.441 e. The van der Waals surface area contributed by atoms with E-state index in [4.69, 9.17) is 4.74 Å². The van der Waals surface area contributed by atoms with E-state index in [0.717, 1.165) is 22.4 Å². The third kappa shape index (κ3) is 3.09. The number of ether oxygens (including phenoxy) is 1. The van der Waals surface area contributed by atoms with E-state index in [1.807, 2.05) is 0 Å². The Kier molecular flexibility index (Phi) is 4.43. The lowest BCUT2D eigenvalue weighted by Gasteiger charge is -2.19. The van der Waals surface area contributed by atoms with E-state index in [0.29, 0.717) is 23.7 Å². The smallest absolute Gasteiger partial charge is 0.327 e. The van der Waals surface area contributed by atoms with Crippen LogP contribution in [0, 0.1) is 11.8 Å². The highest BCUT2D eigenvalue weighted by Gasteiger charge is 2.48. The van der Waals surface area contributed by atoms with Crippen LogP contribution in [0.2, 0.25) is 0 Å². The van der Waals surface area contributed by atoms with E-state index in [2.05, 4.69) is 10.3 Å². The Labute approximate surface area is 153 Å². The van der Waals surface area contributed by atoms with Crippen LogP contribution in [0.4, 0.5) is 0 Å². The Morgan fingerprint density at radius 2 is 1.74 bits per heavy atom. The summed E-state index contributed by atoms with van der Waals surface area (Å²) in [7, 11) is 0. The van der Waals surface area contributed by atoms with Gasteiger partial charge in [-0.05, 0) is 25.0 Å². The number of carbonyl (C=O) groups excluding carboxylic acids is 3. The molecule has 9 nitrogen and oxygen atoms in total. The second-order valence-corrected chi connectivity index (χ2v) is 6.82. The number of esters is 1. The standard InChI is InChI=1S/C18H18N4O5/c23-15(9-21-16(24)11-5-1-2-6-12(11)17(21)25)27-10-22-18(26)13-7-3-4-8-14(13)19-20-22/h3-4,7-8,11-12H,1-2,5-6,9-10H2/t11-,12-/m1/s1. The Morgan fingerprint density at radius 1 is 1.07 bits per heavy atom. The second-order valence-electron chi connectivity index (χ2n) is 6.82. The molecule has 1 aromatic carbocycles. The van der Waals surface area contributed by atoms with Gasteiger partial charge in [0.25, 0.3) is 5.56 Å². The topological polar surface area (TPSA) is 111 Å². The fourth-order valence-corrected chi connectivity index (χ4v) is 3.80. The molecule has 2 fully saturated rings. The summed E-state index contributed by atoms with van der Waals surface area (Å²) < 4.78 is 5.97. The summed E-state index contributed by atoms with van der Waals surface area (Å²) >= 11 is 0. The van der Waals surface area contributed by atoms with Crippen molar-refractivity contribution in [3.8, 4) is 0 Å². The van der Waals surface area contributed by atoms with Crippen molar-refractivity contribution in [1.29, 1.82) is 0 Å². The van der Waals surface area contributed by atoms with Crippen molar-refractivity contribution in [2.45, 2.75) is 32.4 Å². The predicted octanol–water partition coefficient (Wildman–Crippen LogP) is 0.467. The third-order valence-corrected chi connectivity index (χ3v) is 5.20. The van der Waals surface area contributed by atoms with Crippen LogP contribution in [0.3, 0.4) is 0 Å². The molecule has 1 saturated carbocycles. The van der Waals surface area contributed by atoms with Crippen molar-refractivity contribution in [3.05, 3.63) is 34.6 Å². The van der Waals surface area contributed by atoms with Gasteiger partial charge in [0.2, 0.25) is 11.8 Å². The first-order chi connectivity index (χ1) is 13.1. The minimum atomic E-state index is -0.766. The average molecular weight is 370 g/mol. The number of nitrogens with zero attached hydrogens (tertiary/aromatic N) is 4. The van der Waals surface area contributed by atoms with Gasteiger partial charge in [0, 0.05) is 0 Å². The van der Waals surface area contributed by atoms with Gasteiger partial charge in [-0.15, -0.1) is 5.10 Å². The van der Waals surface area contributed by atoms with Crippen molar-refractivity contribution in [2.24, 2.45) is 11.8 Å². The molecule has 27 heavy (non-hydrogen) atoms. The number of aromatic nitrogens is 3. The molecule has 2 atom stereocenters. The van der Waals surface area contributed by atoms with E-state index in [1.165, 1.54) is 0 Å².